The van der Waals surface area contributed by atoms with Crippen LogP contribution >= 0.6 is 22.6 Å². The van der Waals surface area contributed by atoms with Gasteiger partial charge in [-0.1, -0.05) is 29.5 Å². The molecule has 0 heterocycles. The molecule has 0 aromatic heterocycles. The van der Waals surface area contributed by atoms with Crippen molar-refractivity contribution in [2.45, 2.75) is 42.2 Å². The number of halogens is 4. The molecule has 1 aliphatic carbocycles. The molecule has 90 valence electrons. The van der Waals surface area contributed by atoms with Gasteiger partial charge in [0.15, 0.2) is 0 Å². The summed E-state index contributed by atoms with van der Waals surface area (Å²) in [6.07, 6.45) is -2.50. The van der Waals surface area contributed by atoms with Gasteiger partial charge in [0.2, 0.25) is 0 Å². The molecule has 1 fully saturated rings. The lowest BCUT2D eigenvalue weighted by atomic mass is 9.72. The maximum Gasteiger partial charge on any atom is 0.403 e. The predicted molar refractivity (Wildman–Crippen MR) is 61.3 cm³/mol. The number of methoxy groups -OCH3 is 1. The van der Waals surface area contributed by atoms with Gasteiger partial charge in [-0.3, -0.25) is 0 Å². The molecule has 0 aliphatic heterocycles. The topological polar surface area (TPSA) is 9.23 Å². The highest BCUT2D eigenvalue weighted by atomic mass is 127. The second-order valence-corrected chi connectivity index (χ2v) is 6.77. The van der Waals surface area contributed by atoms with Gasteiger partial charge in [0.05, 0.1) is 6.61 Å². The van der Waals surface area contributed by atoms with Crippen LogP contribution in [0.1, 0.15) is 32.6 Å². The van der Waals surface area contributed by atoms with Gasteiger partial charge in [-0.15, -0.1) is 0 Å². The Morgan fingerprint density at radius 1 is 1.20 bits per heavy atom. The third kappa shape index (κ3) is 2.99. The van der Waals surface area contributed by atoms with E-state index in [1.807, 2.05) is 6.92 Å². The Balaban J connectivity index is 2.62. The van der Waals surface area contributed by atoms with Crippen LogP contribution in [0.4, 0.5) is 13.2 Å². The first-order chi connectivity index (χ1) is 6.72. The van der Waals surface area contributed by atoms with E-state index in [4.69, 9.17) is 4.74 Å². The van der Waals surface area contributed by atoms with Crippen molar-refractivity contribution in [3.8, 4) is 0 Å². The summed E-state index contributed by atoms with van der Waals surface area (Å²) in [6, 6.07) is 0. The predicted octanol–water partition coefficient (Wildman–Crippen LogP) is 3.95. The van der Waals surface area contributed by atoms with E-state index in [0.29, 0.717) is 19.4 Å². The van der Waals surface area contributed by atoms with E-state index in [2.05, 4.69) is 0 Å². The van der Waals surface area contributed by atoms with Gasteiger partial charge < -0.3 is 4.74 Å². The van der Waals surface area contributed by atoms with Crippen LogP contribution in [0.2, 0.25) is 0 Å². The molecule has 1 rings (SSSR count). The highest BCUT2D eigenvalue weighted by Crippen LogP contribution is 2.52. The zero-order valence-corrected chi connectivity index (χ0v) is 11.1. The van der Waals surface area contributed by atoms with E-state index >= 15 is 0 Å². The summed E-state index contributed by atoms with van der Waals surface area (Å²) in [7, 11) is 1.60. The summed E-state index contributed by atoms with van der Waals surface area (Å²) < 4.78 is 41.7. The van der Waals surface area contributed by atoms with E-state index in [9.17, 15) is 13.2 Å². The van der Waals surface area contributed by atoms with Crippen molar-refractivity contribution in [2.75, 3.05) is 13.7 Å². The van der Waals surface area contributed by atoms with Crippen LogP contribution in [0.25, 0.3) is 0 Å². The molecule has 0 N–H and O–H groups in total. The Hall–Kier alpha value is 0.480. The molecule has 0 spiro atoms. The molecule has 0 bridgehead atoms. The average molecular weight is 336 g/mol. The van der Waals surface area contributed by atoms with Crippen molar-refractivity contribution in [1.29, 1.82) is 0 Å². The molecule has 15 heavy (non-hydrogen) atoms. The van der Waals surface area contributed by atoms with Crippen molar-refractivity contribution in [1.82, 2.24) is 0 Å². The van der Waals surface area contributed by atoms with Crippen molar-refractivity contribution in [3.05, 3.63) is 0 Å². The van der Waals surface area contributed by atoms with Gasteiger partial charge in [0.25, 0.3) is 0 Å². The normalized spacial score (nSPS) is 38.0. The first kappa shape index (κ1) is 13.5. The summed E-state index contributed by atoms with van der Waals surface area (Å²) in [4.78, 5) is 0. The summed E-state index contributed by atoms with van der Waals surface area (Å²) >= 11 is 1.58. The molecule has 0 radical (unpaired) electrons. The van der Waals surface area contributed by atoms with E-state index in [-0.39, 0.29) is 18.3 Å². The Morgan fingerprint density at radius 2 is 1.67 bits per heavy atom. The fraction of sp³-hybridized carbons (Fsp3) is 1.00. The summed E-state index contributed by atoms with van der Waals surface area (Å²) in [6.45, 7) is 2.56. The van der Waals surface area contributed by atoms with Gasteiger partial charge in [-0.25, -0.2) is 0 Å². The fourth-order valence-corrected chi connectivity index (χ4v) is 2.57. The molecule has 1 aliphatic rings. The van der Waals surface area contributed by atoms with Crippen LogP contribution in [0.3, 0.4) is 0 Å². The highest BCUT2D eigenvalue weighted by molar-refractivity contribution is 14.1. The third-order valence-electron chi connectivity index (χ3n) is 3.25. The van der Waals surface area contributed by atoms with Crippen LogP contribution in [0, 0.1) is 5.41 Å². The van der Waals surface area contributed by atoms with E-state index in [1.165, 1.54) is 0 Å². The highest BCUT2D eigenvalue weighted by Gasteiger charge is 2.55. The molecular formula is C10H16F3IO. The monoisotopic (exact) mass is 336 g/mol. The van der Waals surface area contributed by atoms with Gasteiger partial charge >= 0.3 is 6.18 Å². The largest absolute Gasteiger partial charge is 0.403 e. The van der Waals surface area contributed by atoms with E-state index in [1.54, 1.807) is 29.7 Å². The molecule has 1 saturated carbocycles. The maximum absolute atomic E-state index is 12.7. The van der Waals surface area contributed by atoms with Crippen LogP contribution in [0.5, 0.6) is 0 Å². The number of hydrogen-bond donors (Lipinski definition) is 0. The van der Waals surface area contributed by atoms with Gasteiger partial charge in [-0.2, -0.15) is 13.2 Å². The minimum Gasteiger partial charge on any atom is -0.384 e. The molecule has 0 saturated heterocycles. The molecule has 0 aromatic rings. The first-order valence-corrected chi connectivity index (χ1v) is 6.05. The Morgan fingerprint density at radius 3 is 2.00 bits per heavy atom. The smallest absolute Gasteiger partial charge is 0.384 e. The second kappa shape index (κ2) is 4.39. The van der Waals surface area contributed by atoms with Gasteiger partial charge in [0.1, 0.15) is 3.42 Å². The Bertz CT molecular complexity index is 219. The first-order valence-electron chi connectivity index (χ1n) is 4.97. The number of alkyl halides is 4. The summed E-state index contributed by atoms with van der Waals surface area (Å²) in [5.41, 5.74) is -0.0747. The fourth-order valence-electron chi connectivity index (χ4n) is 2.03. The second-order valence-electron chi connectivity index (χ2n) is 4.71. The Kier molecular flexibility index (Phi) is 3.96. The van der Waals surface area contributed by atoms with Crippen molar-refractivity contribution < 1.29 is 17.9 Å². The molecule has 0 atom stereocenters. The minimum atomic E-state index is -4.08. The standard InChI is InChI=1S/C10H16F3IO/c1-8(7-15-2)3-5-9(14,6-4-8)10(11,12)13/h3-7H2,1-2H3. The van der Waals surface area contributed by atoms with Gasteiger partial charge in [0, 0.05) is 7.11 Å². The number of rotatable bonds is 2. The van der Waals surface area contributed by atoms with Crippen LogP contribution in [0.15, 0.2) is 0 Å². The quantitative estimate of drug-likeness (QED) is 0.548. The summed E-state index contributed by atoms with van der Waals surface area (Å²) in [5.74, 6) is 0. The molecular weight excluding hydrogens is 320 g/mol. The maximum atomic E-state index is 12.7. The molecule has 1 nitrogen and oxygen atoms in total. The SMILES string of the molecule is COCC1(C)CCC(I)(C(F)(F)F)CC1. The molecule has 0 unspecified atom stereocenters. The lowest BCUT2D eigenvalue weighted by Gasteiger charge is -2.42. The molecule has 0 aromatic carbocycles. The zero-order valence-electron chi connectivity index (χ0n) is 8.96. The summed E-state index contributed by atoms with van der Waals surface area (Å²) in [5, 5.41) is 0. The molecule has 5 heteroatoms. The number of ether oxygens (including phenoxy) is 1. The van der Waals surface area contributed by atoms with Crippen LogP contribution < -0.4 is 0 Å². The van der Waals surface area contributed by atoms with Crippen molar-refractivity contribution >= 4 is 22.6 Å². The van der Waals surface area contributed by atoms with Crippen molar-refractivity contribution in [2.24, 2.45) is 5.41 Å². The third-order valence-corrected chi connectivity index (χ3v) is 4.94. The van der Waals surface area contributed by atoms with E-state index in [0.717, 1.165) is 0 Å². The average Bonchev–Trinajstić information content (AvgIpc) is 2.10. The van der Waals surface area contributed by atoms with Gasteiger partial charge in [-0.05, 0) is 31.1 Å². The van der Waals surface area contributed by atoms with Crippen molar-refractivity contribution in [3.63, 3.8) is 0 Å². The van der Waals surface area contributed by atoms with E-state index < -0.39 is 9.60 Å². The Labute approximate surface area is 102 Å². The molecule has 0 amide bonds. The minimum absolute atomic E-state index is 0.0747. The van der Waals surface area contributed by atoms with Crippen LogP contribution in [-0.4, -0.2) is 23.3 Å². The zero-order chi connectivity index (χ0) is 11.7. The lowest BCUT2D eigenvalue weighted by Crippen LogP contribution is -2.45. The van der Waals surface area contributed by atoms with Crippen LogP contribution in [-0.2, 0) is 4.74 Å². The number of hydrogen-bond acceptors (Lipinski definition) is 1. The lowest BCUT2D eigenvalue weighted by molar-refractivity contribution is -0.166.